The average Bonchev–Trinajstić information content (AvgIpc) is 2.30. The van der Waals surface area contributed by atoms with Crippen molar-refractivity contribution >= 4 is 6.21 Å². The average molecular weight is 204 g/mol. The van der Waals surface area contributed by atoms with Gasteiger partial charge in [0.1, 0.15) is 0 Å². The van der Waals surface area contributed by atoms with E-state index in [0.29, 0.717) is 0 Å². The van der Waals surface area contributed by atoms with Gasteiger partial charge in [0.15, 0.2) is 0 Å². The van der Waals surface area contributed by atoms with Crippen molar-refractivity contribution in [2.45, 2.75) is 0 Å². The molecule has 2 heterocycles. The number of rotatable bonds is 2. The van der Waals surface area contributed by atoms with Crippen molar-refractivity contribution in [2.75, 3.05) is 33.2 Å². The Hall–Kier alpha value is -1.42. The molecule has 0 amide bonds. The summed E-state index contributed by atoms with van der Waals surface area (Å²) in [6.07, 6.45) is 5.46. The zero-order chi connectivity index (χ0) is 10.5. The summed E-state index contributed by atoms with van der Waals surface area (Å²) < 4.78 is 0. The third-order valence-electron chi connectivity index (χ3n) is 2.56. The molecule has 2 rings (SSSR count). The van der Waals surface area contributed by atoms with Gasteiger partial charge in [-0.2, -0.15) is 5.10 Å². The number of hydrogen-bond donors (Lipinski definition) is 0. The van der Waals surface area contributed by atoms with Gasteiger partial charge in [-0.1, -0.05) is 0 Å². The van der Waals surface area contributed by atoms with Crippen LogP contribution in [0.2, 0.25) is 0 Å². The molecule has 15 heavy (non-hydrogen) atoms. The molecule has 0 atom stereocenters. The number of piperazine rings is 1. The van der Waals surface area contributed by atoms with Gasteiger partial charge in [0.05, 0.1) is 6.21 Å². The summed E-state index contributed by atoms with van der Waals surface area (Å²) in [5, 5.41) is 6.55. The molecule has 1 saturated heterocycles. The molecular weight excluding hydrogens is 188 g/mol. The summed E-state index contributed by atoms with van der Waals surface area (Å²) in [5.74, 6) is 0. The highest BCUT2D eigenvalue weighted by atomic mass is 15.5. The quantitative estimate of drug-likeness (QED) is 0.663. The van der Waals surface area contributed by atoms with Crippen molar-refractivity contribution in [3.63, 3.8) is 0 Å². The lowest BCUT2D eigenvalue weighted by atomic mass is 10.3. The van der Waals surface area contributed by atoms with Crippen LogP contribution >= 0.6 is 0 Å². The van der Waals surface area contributed by atoms with Crippen LogP contribution in [0.4, 0.5) is 0 Å². The van der Waals surface area contributed by atoms with Crippen molar-refractivity contribution in [1.82, 2.24) is 14.9 Å². The highest BCUT2D eigenvalue weighted by Gasteiger charge is 2.10. The monoisotopic (exact) mass is 204 g/mol. The zero-order valence-electron chi connectivity index (χ0n) is 9.00. The second kappa shape index (κ2) is 4.89. The Morgan fingerprint density at radius 2 is 1.87 bits per heavy atom. The molecule has 0 radical (unpaired) electrons. The molecule has 0 N–H and O–H groups in total. The van der Waals surface area contributed by atoms with E-state index in [-0.39, 0.29) is 0 Å². The van der Waals surface area contributed by atoms with Gasteiger partial charge in [-0.15, -0.1) is 0 Å². The summed E-state index contributed by atoms with van der Waals surface area (Å²) in [6.45, 7) is 4.21. The largest absolute Gasteiger partial charge is 0.303 e. The highest BCUT2D eigenvalue weighted by Crippen LogP contribution is 2.00. The van der Waals surface area contributed by atoms with Crippen LogP contribution in [0.3, 0.4) is 0 Å². The predicted molar refractivity (Wildman–Crippen MR) is 60.9 cm³/mol. The van der Waals surface area contributed by atoms with Crippen LogP contribution in [0.25, 0.3) is 0 Å². The molecule has 4 heteroatoms. The van der Waals surface area contributed by atoms with E-state index in [1.54, 1.807) is 12.4 Å². The number of hydrazone groups is 1. The fourth-order valence-electron chi connectivity index (χ4n) is 1.51. The van der Waals surface area contributed by atoms with E-state index >= 15 is 0 Å². The first-order valence-corrected chi connectivity index (χ1v) is 5.22. The summed E-state index contributed by atoms with van der Waals surface area (Å²) in [6, 6.07) is 3.92. The summed E-state index contributed by atoms with van der Waals surface area (Å²) >= 11 is 0. The van der Waals surface area contributed by atoms with Crippen molar-refractivity contribution in [2.24, 2.45) is 5.10 Å². The molecule has 1 aromatic heterocycles. The van der Waals surface area contributed by atoms with Crippen molar-refractivity contribution in [3.8, 4) is 0 Å². The Bertz CT molecular complexity index is 315. The number of likely N-dealkylation sites (N-methyl/N-ethyl adjacent to an activating group) is 1. The van der Waals surface area contributed by atoms with Crippen LogP contribution in [0, 0.1) is 0 Å². The smallest absolute Gasteiger partial charge is 0.0544 e. The minimum atomic E-state index is 1.01. The number of pyridine rings is 1. The minimum absolute atomic E-state index is 1.01. The topological polar surface area (TPSA) is 31.7 Å². The maximum atomic E-state index is 4.44. The van der Waals surface area contributed by atoms with Crippen molar-refractivity contribution < 1.29 is 0 Å². The van der Waals surface area contributed by atoms with Gasteiger partial charge < -0.3 is 4.90 Å². The SMILES string of the molecule is CN1CCN(/N=C/c2ccncc2)CC1. The van der Waals surface area contributed by atoms with Gasteiger partial charge in [0.25, 0.3) is 0 Å². The lowest BCUT2D eigenvalue weighted by molar-refractivity contribution is 0.159. The van der Waals surface area contributed by atoms with Crippen LogP contribution in [-0.2, 0) is 0 Å². The van der Waals surface area contributed by atoms with E-state index in [1.165, 1.54) is 0 Å². The normalized spacial score (nSPS) is 18.6. The van der Waals surface area contributed by atoms with Crippen molar-refractivity contribution in [3.05, 3.63) is 30.1 Å². The first-order chi connectivity index (χ1) is 7.34. The third-order valence-corrected chi connectivity index (χ3v) is 2.56. The fourth-order valence-corrected chi connectivity index (χ4v) is 1.51. The summed E-state index contributed by atoms with van der Waals surface area (Å²) in [4.78, 5) is 6.29. The lowest BCUT2D eigenvalue weighted by Gasteiger charge is -2.30. The molecule has 1 aliphatic heterocycles. The maximum absolute atomic E-state index is 4.44. The molecule has 1 aliphatic rings. The van der Waals surface area contributed by atoms with Crippen molar-refractivity contribution in [1.29, 1.82) is 0 Å². The molecule has 1 fully saturated rings. The third kappa shape index (κ3) is 3.02. The molecule has 1 aromatic rings. The van der Waals surface area contributed by atoms with Crippen LogP contribution in [0.15, 0.2) is 29.6 Å². The molecular formula is C11H16N4. The number of aromatic nitrogens is 1. The van der Waals surface area contributed by atoms with Gasteiger partial charge in [-0.3, -0.25) is 9.99 Å². The Morgan fingerprint density at radius 1 is 1.20 bits per heavy atom. The van der Waals surface area contributed by atoms with Gasteiger partial charge in [0, 0.05) is 38.6 Å². The molecule has 80 valence electrons. The van der Waals surface area contributed by atoms with Crippen LogP contribution in [0.5, 0.6) is 0 Å². The van der Waals surface area contributed by atoms with E-state index < -0.39 is 0 Å². The first kappa shape index (κ1) is 10.1. The predicted octanol–water partition coefficient (Wildman–Crippen LogP) is 0.663. The molecule has 0 unspecified atom stereocenters. The fraction of sp³-hybridized carbons (Fsp3) is 0.455. The Labute approximate surface area is 90.2 Å². The number of hydrogen-bond acceptors (Lipinski definition) is 4. The summed E-state index contributed by atoms with van der Waals surface area (Å²) in [7, 11) is 2.14. The minimum Gasteiger partial charge on any atom is -0.303 e. The van der Waals surface area contributed by atoms with E-state index in [0.717, 1.165) is 31.7 Å². The zero-order valence-corrected chi connectivity index (χ0v) is 9.00. The summed E-state index contributed by atoms with van der Waals surface area (Å²) in [5.41, 5.74) is 1.10. The van der Waals surface area contributed by atoms with Gasteiger partial charge in [-0.05, 0) is 24.7 Å². The second-order valence-corrected chi connectivity index (χ2v) is 3.78. The maximum Gasteiger partial charge on any atom is 0.0544 e. The Morgan fingerprint density at radius 3 is 2.53 bits per heavy atom. The van der Waals surface area contributed by atoms with E-state index in [1.807, 2.05) is 18.3 Å². The van der Waals surface area contributed by atoms with Gasteiger partial charge in [-0.25, -0.2) is 0 Å². The lowest BCUT2D eigenvalue weighted by Crippen LogP contribution is -2.41. The standard InChI is InChI=1S/C11H16N4/c1-14-6-8-15(9-7-14)13-10-11-2-4-12-5-3-11/h2-5,10H,6-9H2,1H3/b13-10+. The van der Waals surface area contributed by atoms with E-state index in [9.17, 15) is 0 Å². The molecule has 0 spiro atoms. The number of nitrogens with zero attached hydrogens (tertiary/aromatic N) is 4. The Balaban J connectivity index is 1.89. The van der Waals surface area contributed by atoms with E-state index in [4.69, 9.17) is 0 Å². The van der Waals surface area contributed by atoms with Crippen LogP contribution < -0.4 is 0 Å². The van der Waals surface area contributed by atoms with Gasteiger partial charge in [0.2, 0.25) is 0 Å². The van der Waals surface area contributed by atoms with Gasteiger partial charge >= 0.3 is 0 Å². The molecule has 0 aromatic carbocycles. The van der Waals surface area contributed by atoms with Crippen LogP contribution in [0.1, 0.15) is 5.56 Å². The van der Waals surface area contributed by atoms with Crippen LogP contribution in [-0.4, -0.2) is 54.3 Å². The highest BCUT2D eigenvalue weighted by molar-refractivity contribution is 5.78. The first-order valence-electron chi connectivity index (χ1n) is 5.22. The molecule has 4 nitrogen and oxygen atoms in total. The van der Waals surface area contributed by atoms with E-state index in [2.05, 4.69) is 27.0 Å². The molecule has 0 bridgehead atoms. The Kier molecular flexibility index (Phi) is 3.29. The molecule has 0 aliphatic carbocycles. The molecule has 0 saturated carbocycles. The second-order valence-electron chi connectivity index (χ2n) is 3.78.